The van der Waals surface area contributed by atoms with Gasteiger partial charge in [0.15, 0.2) is 0 Å². The average Bonchev–Trinajstić information content (AvgIpc) is 2.53. The molecular weight excluding hydrogens is 308 g/mol. The molecule has 0 bridgehead atoms. The topological polar surface area (TPSA) is 84.9 Å². The Morgan fingerprint density at radius 3 is 2.32 bits per heavy atom. The first-order valence-electron chi connectivity index (χ1n) is 6.89. The lowest BCUT2D eigenvalue weighted by atomic mass is 10.3. The van der Waals surface area contributed by atoms with Crippen molar-refractivity contribution in [3.05, 3.63) is 18.2 Å². The Morgan fingerprint density at radius 2 is 1.82 bits per heavy atom. The predicted molar refractivity (Wildman–Crippen MR) is 82.7 cm³/mol. The standard InChI is InChI=1S/C14H22N2O5S/c1-5-16(6-2)14(17)10-15-22(18,19)13-8-7-11(20-3)9-12(13)21-4/h7-9,15H,5-6,10H2,1-4H3. The van der Waals surface area contributed by atoms with Crippen molar-refractivity contribution in [2.75, 3.05) is 33.9 Å². The molecule has 0 saturated carbocycles. The van der Waals surface area contributed by atoms with E-state index in [0.29, 0.717) is 18.8 Å². The Hall–Kier alpha value is -1.80. The first-order valence-corrected chi connectivity index (χ1v) is 8.37. The van der Waals surface area contributed by atoms with Crippen LogP contribution in [0.2, 0.25) is 0 Å². The fraction of sp³-hybridized carbons (Fsp3) is 0.500. The fourth-order valence-electron chi connectivity index (χ4n) is 1.92. The highest BCUT2D eigenvalue weighted by atomic mass is 32.2. The van der Waals surface area contributed by atoms with Gasteiger partial charge in [-0.3, -0.25) is 4.79 Å². The number of hydrogen-bond acceptors (Lipinski definition) is 5. The van der Waals surface area contributed by atoms with Gasteiger partial charge in [-0.15, -0.1) is 0 Å². The van der Waals surface area contributed by atoms with Crippen molar-refractivity contribution in [3.63, 3.8) is 0 Å². The molecule has 22 heavy (non-hydrogen) atoms. The summed E-state index contributed by atoms with van der Waals surface area (Å²) in [5, 5.41) is 0. The summed E-state index contributed by atoms with van der Waals surface area (Å²) in [5.74, 6) is 0.359. The van der Waals surface area contributed by atoms with Crippen LogP contribution < -0.4 is 14.2 Å². The second-order valence-corrected chi connectivity index (χ2v) is 6.14. The Kier molecular flexibility index (Phi) is 6.63. The Labute approximate surface area is 131 Å². The van der Waals surface area contributed by atoms with E-state index in [1.165, 1.54) is 32.4 Å². The molecule has 0 aromatic heterocycles. The molecule has 0 radical (unpaired) electrons. The smallest absolute Gasteiger partial charge is 0.244 e. The highest BCUT2D eigenvalue weighted by Crippen LogP contribution is 2.28. The van der Waals surface area contributed by atoms with E-state index in [1.54, 1.807) is 4.90 Å². The zero-order valence-electron chi connectivity index (χ0n) is 13.3. The van der Waals surface area contributed by atoms with Gasteiger partial charge in [0.2, 0.25) is 15.9 Å². The summed E-state index contributed by atoms with van der Waals surface area (Å²) in [7, 11) is -1.01. The van der Waals surface area contributed by atoms with E-state index >= 15 is 0 Å². The Balaban J connectivity index is 2.93. The van der Waals surface area contributed by atoms with E-state index in [0.717, 1.165) is 0 Å². The van der Waals surface area contributed by atoms with Crippen molar-refractivity contribution in [1.29, 1.82) is 0 Å². The van der Waals surface area contributed by atoms with Crippen molar-refractivity contribution in [2.24, 2.45) is 0 Å². The summed E-state index contributed by atoms with van der Waals surface area (Å²) in [6.07, 6.45) is 0. The molecule has 1 rings (SSSR count). The maximum atomic E-state index is 12.3. The lowest BCUT2D eigenvalue weighted by molar-refractivity contribution is -0.129. The van der Waals surface area contributed by atoms with Gasteiger partial charge in [-0.25, -0.2) is 13.1 Å². The second kappa shape index (κ2) is 8.00. The Morgan fingerprint density at radius 1 is 1.18 bits per heavy atom. The Bertz CT molecular complexity index is 612. The van der Waals surface area contributed by atoms with Crippen molar-refractivity contribution in [3.8, 4) is 11.5 Å². The zero-order valence-corrected chi connectivity index (χ0v) is 14.1. The van der Waals surface area contributed by atoms with Gasteiger partial charge in [0.05, 0.1) is 20.8 Å². The normalized spacial score (nSPS) is 11.1. The number of carbonyl (C=O) groups is 1. The predicted octanol–water partition coefficient (Wildman–Crippen LogP) is 0.851. The molecule has 1 N–H and O–H groups in total. The number of nitrogens with one attached hydrogen (secondary N) is 1. The number of carbonyl (C=O) groups excluding carboxylic acids is 1. The van der Waals surface area contributed by atoms with Gasteiger partial charge in [-0.05, 0) is 26.0 Å². The third-order valence-electron chi connectivity index (χ3n) is 3.19. The lowest BCUT2D eigenvalue weighted by Crippen LogP contribution is -2.40. The molecule has 0 spiro atoms. The third-order valence-corrected chi connectivity index (χ3v) is 4.63. The maximum absolute atomic E-state index is 12.3. The van der Waals surface area contributed by atoms with E-state index in [-0.39, 0.29) is 23.1 Å². The molecule has 0 fully saturated rings. The summed E-state index contributed by atoms with van der Waals surface area (Å²) in [4.78, 5) is 13.4. The highest BCUT2D eigenvalue weighted by molar-refractivity contribution is 7.89. The zero-order chi connectivity index (χ0) is 16.8. The van der Waals surface area contributed by atoms with Crippen LogP contribution in [0.15, 0.2) is 23.1 Å². The number of nitrogens with zero attached hydrogens (tertiary/aromatic N) is 1. The molecule has 8 heteroatoms. The van der Waals surface area contributed by atoms with Crippen LogP contribution in [0.1, 0.15) is 13.8 Å². The van der Waals surface area contributed by atoms with Crippen LogP contribution in [-0.4, -0.2) is 53.1 Å². The molecule has 0 aliphatic carbocycles. The van der Waals surface area contributed by atoms with Crippen LogP contribution in [0.5, 0.6) is 11.5 Å². The quantitative estimate of drug-likeness (QED) is 0.764. The molecule has 0 unspecified atom stereocenters. The fourth-order valence-corrected chi connectivity index (χ4v) is 3.04. The van der Waals surface area contributed by atoms with Crippen molar-refractivity contribution in [2.45, 2.75) is 18.7 Å². The van der Waals surface area contributed by atoms with Crippen LogP contribution in [0.25, 0.3) is 0 Å². The summed E-state index contributed by atoms with van der Waals surface area (Å²) < 4.78 is 37.0. The molecule has 1 amide bonds. The van der Waals surface area contributed by atoms with Gasteiger partial charge in [-0.2, -0.15) is 0 Å². The van der Waals surface area contributed by atoms with Gasteiger partial charge in [0, 0.05) is 19.2 Å². The molecule has 0 heterocycles. The molecular formula is C14H22N2O5S. The summed E-state index contributed by atoms with van der Waals surface area (Å²) in [5.41, 5.74) is 0. The van der Waals surface area contributed by atoms with Crippen molar-refractivity contribution < 1.29 is 22.7 Å². The summed E-state index contributed by atoms with van der Waals surface area (Å²) in [6, 6.07) is 4.37. The van der Waals surface area contributed by atoms with Gasteiger partial charge in [-0.1, -0.05) is 0 Å². The monoisotopic (exact) mass is 330 g/mol. The van der Waals surface area contributed by atoms with E-state index in [2.05, 4.69) is 4.72 Å². The number of likely N-dealkylation sites (N-methyl/N-ethyl adjacent to an activating group) is 1. The molecule has 1 aromatic carbocycles. The molecule has 0 saturated heterocycles. The van der Waals surface area contributed by atoms with Crippen LogP contribution >= 0.6 is 0 Å². The van der Waals surface area contributed by atoms with Gasteiger partial charge in [0.1, 0.15) is 16.4 Å². The highest BCUT2D eigenvalue weighted by Gasteiger charge is 2.22. The molecule has 0 aliphatic rings. The average molecular weight is 330 g/mol. The molecule has 124 valence electrons. The lowest BCUT2D eigenvalue weighted by Gasteiger charge is -2.19. The molecule has 7 nitrogen and oxygen atoms in total. The van der Waals surface area contributed by atoms with Crippen LogP contribution in [0, 0.1) is 0 Å². The molecule has 0 atom stereocenters. The minimum atomic E-state index is -3.85. The summed E-state index contributed by atoms with van der Waals surface area (Å²) in [6.45, 7) is 4.44. The van der Waals surface area contributed by atoms with Crippen molar-refractivity contribution >= 4 is 15.9 Å². The molecule has 0 aliphatic heterocycles. The van der Waals surface area contributed by atoms with Gasteiger partial charge >= 0.3 is 0 Å². The SMILES string of the molecule is CCN(CC)C(=O)CNS(=O)(=O)c1ccc(OC)cc1OC. The maximum Gasteiger partial charge on any atom is 0.244 e. The minimum Gasteiger partial charge on any atom is -0.497 e. The summed E-state index contributed by atoms with van der Waals surface area (Å²) >= 11 is 0. The van der Waals surface area contributed by atoms with E-state index in [4.69, 9.17) is 9.47 Å². The van der Waals surface area contributed by atoms with E-state index in [1.807, 2.05) is 13.8 Å². The largest absolute Gasteiger partial charge is 0.497 e. The number of sulfonamides is 1. The first-order chi connectivity index (χ1) is 10.4. The number of methoxy groups -OCH3 is 2. The van der Waals surface area contributed by atoms with Crippen LogP contribution in [-0.2, 0) is 14.8 Å². The van der Waals surface area contributed by atoms with Gasteiger partial charge in [0.25, 0.3) is 0 Å². The van der Waals surface area contributed by atoms with Crippen LogP contribution in [0.4, 0.5) is 0 Å². The number of hydrogen-bond donors (Lipinski definition) is 1. The third kappa shape index (κ3) is 4.35. The molecule has 1 aromatic rings. The number of rotatable bonds is 8. The van der Waals surface area contributed by atoms with Gasteiger partial charge < -0.3 is 14.4 Å². The minimum absolute atomic E-state index is 0.0388. The van der Waals surface area contributed by atoms with E-state index in [9.17, 15) is 13.2 Å². The number of amides is 1. The first kappa shape index (κ1) is 18.2. The van der Waals surface area contributed by atoms with Crippen molar-refractivity contribution in [1.82, 2.24) is 9.62 Å². The number of benzene rings is 1. The van der Waals surface area contributed by atoms with E-state index < -0.39 is 10.0 Å². The second-order valence-electron chi connectivity index (χ2n) is 4.41. The number of ether oxygens (including phenoxy) is 2. The van der Waals surface area contributed by atoms with Crippen LogP contribution in [0.3, 0.4) is 0 Å².